The molecule has 0 aliphatic carbocycles. The van der Waals surface area contributed by atoms with E-state index >= 15 is 0 Å². The Bertz CT molecular complexity index is 660. The van der Waals surface area contributed by atoms with Gasteiger partial charge in [-0.2, -0.15) is 0 Å². The van der Waals surface area contributed by atoms with Gasteiger partial charge in [0, 0.05) is 35.4 Å². The number of rotatable bonds is 2. The lowest BCUT2D eigenvalue weighted by Gasteiger charge is -2.40. The van der Waals surface area contributed by atoms with Crippen molar-refractivity contribution in [1.29, 1.82) is 0 Å². The molecule has 2 rings (SSSR count). The third-order valence-electron chi connectivity index (χ3n) is 3.81. The minimum absolute atomic E-state index is 0.130. The van der Waals surface area contributed by atoms with E-state index in [2.05, 4.69) is 27.6 Å². The summed E-state index contributed by atoms with van der Waals surface area (Å²) in [5, 5.41) is 0. The fraction of sp³-hybridized carbons (Fsp3) is 0.588. The fourth-order valence-corrected chi connectivity index (χ4v) is 3.29. The normalized spacial score (nSPS) is 18.1. The van der Waals surface area contributed by atoms with Gasteiger partial charge in [-0.15, -0.1) is 0 Å². The van der Waals surface area contributed by atoms with Crippen LogP contribution in [0.5, 0.6) is 5.88 Å². The number of hydrogen-bond acceptors (Lipinski definition) is 5. The van der Waals surface area contributed by atoms with Crippen LogP contribution in [-0.4, -0.2) is 65.2 Å². The van der Waals surface area contributed by atoms with Crippen LogP contribution in [0.4, 0.5) is 4.79 Å². The third-order valence-corrected chi connectivity index (χ3v) is 4.71. The zero-order chi connectivity index (χ0) is 18.8. The van der Waals surface area contributed by atoms with Gasteiger partial charge in [-0.3, -0.25) is 4.79 Å². The SMILES string of the molecule is COc1nccc(I)c1C(=O)N1CCN(C(=O)OC(C)(C)C)C[C@@H]1C. The number of nitrogens with zero attached hydrogens (tertiary/aromatic N) is 3. The smallest absolute Gasteiger partial charge is 0.410 e. The van der Waals surface area contributed by atoms with Crippen molar-refractivity contribution in [2.24, 2.45) is 0 Å². The molecule has 2 heterocycles. The average Bonchev–Trinajstić information content (AvgIpc) is 2.52. The molecule has 1 fully saturated rings. The molecular formula is C17H24IN3O4. The minimum atomic E-state index is -0.535. The first-order valence-electron chi connectivity index (χ1n) is 8.11. The second-order valence-electron chi connectivity index (χ2n) is 6.95. The molecule has 0 unspecified atom stereocenters. The van der Waals surface area contributed by atoms with E-state index in [0.29, 0.717) is 31.1 Å². The number of amides is 2. The lowest BCUT2D eigenvalue weighted by molar-refractivity contribution is 0.00607. The first-order chi connectivity index (χ1) is 11.6. The molecule has 1 aromatic rings. The van der Waals surface area contributed by atoms with Crippen molar-refractivity contribution < 1.29 is 19.1 Å². The maximum absolute atomic E-state index is 13.0. The number of pyridine rings is 1. The summed E-state index contributed by atoms with van der Waals surface area (Å²) >= 11 is 2.11. The molecule has 8 heteroatoms. The summed E-state index contributed by atoms with van der Waals surface area (Å²) in [6.07, 6.45) is 1.27. The molecule has 1 atom stereocenters. The molecule has 138 valence electrons. The Hall–Kier alpha value is -1.58. The van der Waals surface area contributed by atoms with E-state index in [9.17, 15) is 9.59 Å². The van der Waals surface area contributed by atoms with E-state index < -0.39 is 5.60 Å². The molecule has 1 saturated heterocycles. The van der Waals surface area contributed by atoms with Gasteiger partial charge >= 0.3 is 6.09 Å². The van der Waals surface area contributed by atoms with Crippen LogP contribution >= 0.6 is 22.6 Å². The average molecular weight is 461 g/mol. The first-order valence-corrected chi connectivity index (χ1v) is 9.19. The minimum Gasteiger partial charge on any atom is -0.480 e. The molecule has 0 N–H and O–H groups in total. The summed E-state index contributed by atoms with van der Waals surface area (Å²) < 4.78 is 11.4. The topological polar surface area (TPSA) is 72.0 Å². The Morgan fingerprint density at radius 3 is 2.56 bits per heavy atom. The molecule has 25 heavy (non-hydrogen) atoms. The van der Waals surface area contributed by atoms with Crippen LogP contribution < -0.4 is 4.74 Å². The maximum atomic E-state index is 13.0. The van der Waals surface area contributed by atoms with Crippen LogP contribution in [-0.2, 0) is 4.74 Å². The molecule has 7 nitrogen and oxygen atoms in total. The Morgan fingerprint density at radius 2 is 2.00 bits per heavy atom. The van der Waals surface area contributed by atoms with Gasteiger partial charge in [0.05, 0.1) is 7.11 Å². The van der Waals surface area contributed by atoms with Crippen LogP contribution in [0.3, 0.4) is 0 Å². The lowest BCUT2D eigenvalue weighted by Crippen LogP contribution is -2.56. The first kappa shape index (κ1) is 19.7. The van der Waals surface area contributed by atoms with Gasteiger partial charge < -0.3 is 19.3 Å². The standard InChI is InChI=1S/C17H24IN3O4/c1-11-10-20(16(23)25-17(2,3)4)8-9-21(11)15(22)13-12(18)6-7-19-14(13)24-5/h6-7,11H,8-10H2,1-5H3/t11-/m0/s1. The van der Waals surface area contributed by atoms with Gasteiger partial charge in [-0.1, -0.05) is 0 Å². The van der Waals surface area contributed by atoms with Crippen molar-refractivity contribution in [2.45, 2.75) is 39.3 Å². The maximum Gasteiger partial charge on any atom is 0.410 e. The van der Waals surface area contributed by atoms with Crippen LogP contribution in [0.15, 0.2) is 12.3 Å². The van der Waals surface area contributed by atoms with Gasteiger partial charge in [-0.05, 0) is 56.4 Å². The van der Waals surface area contributed by atoms with Gasteiger partial charge in [0.2, 0.25) is 5.88 Å². The highest BCUT2D eigenvalue weighted by Gasteiger charge is 2.34. The fourth-order valence-electron chi connectivity index (χ4n) is 2.66. The zero-order valence-electron chi connectivity index (χ0n) is 15.2. The predicted octanol–water partition coefficient (Wildman–Crippen LogP) is 2.78. The van der Waals surface area contributed by atoms with E-state index in [1.54, 1.807) is 22.1 Å². The second-order valence-corrected chi connectivity index (χ2v) is 8.11. The van der Waals surface area contributed by atoms with Crippen LogP contribution in [0.25, 0.3) is 0 Å². The van der Waals surface area contributed by atoms with Crippen molar-refractivity contribution in [3.63, 3.8) is 0 Å². The lowest BCUT2D eigenvalue weighted by atomic mass is 10.1. The van der Waals surface area contributed by atoms with E-state index in [-0.39, 0.29) is 18.0 Å². The monoisotopic (exact) mass is 461 g/mol. The Labute approximate surface area is 161 Å². The number of carbonyl (C=O) groups excluding carboxylic acids is 2. The molecule has 1 aliphatic rings. The van der Waals surface area contributed by atoms with Crippen LogP contribution in [0, 0.1) is 3.57 Å². The molecule has 0 aromatic carbocycles. The highest BCUT2D eigenvalue weighted by molar-refractivity contribution is 14.1. The molecule has 1 aliphatic heterocycles. The summed E-state index contributed by atoms with van der Waals surface area (Å²) in [5.74, 6) is 0.185. The highest BCUT2D eigenvalue weighted by atomic mass is 127. The molecule has 1 aromatic heterocycles. The van der Waals surface area contributed by atoms with Crippen molar-refractivity contribution in [1.82, 2.24) is 14.8 Å². The third kappa shape index (κ3) is 4.74. The Morgan fingerprint density at radius 1 is 1.32 bits per heavy atom. The summed E-state index contributed by atoms with van der Waals surface area (Å²) in [6, 6.07) is 1.65. The Balaban J connectivity index is 2.12. The second kappa shape index (κ2) is 7.76. The molecule has 0 spiro atoms. The van der Waals surface area contributed by atoms with Crippen molar-refractivity contribution in [3.05, 3.63) is 21.4 Å². The van der Waals surface area contributed by atoms with E-state index in [4.69, 9.17) is 9.47 Å². The summed E-state index contributed by atoms with van der Waals surface area (Å²) in [7, 11) is 1.50. The van der Waals surface area contributed by atoms with Gasteiger partial charge in [0.25, 0.3) is 5.91 Å². The summed E-state index contributed by atoms with van der Waals surface area (Å²) in [4.78, 5) is 32.7. The molecular weight excluding hydrogens is 437 g/mol. The largest absolute Gasteiger partial charge is 0.480 e. The van der Waals surface area contributed by atoms with Gasteiger partial charge in [0.15, 0.2) is 0 Å². The van der Waals surface area contributed by atoms with Crippen LogP contribution in [0.2, 0.25) is 0 Å². The number of halogens is 1. The van der Waals surface area contributed by atoms with Crippen LogP contribution in [0.1, 0.15) is 38.1 Å². The quantitative estimate of drug-likeness (QED) is 0.634. The number of carbonyl (C=O) groups is 2. The van der Waals surface area contributed by atoms with Gasteiger partial charge in [-0.25, -0.2) is 9.78 Å². The molecule has 0 saturated carbocycles. The number of ether oxygens (including phenoxy) is 2. The van der Waals surface area contributed by atoms with Crippen molar-refractivity contribution >= 4 is 34.6 Å². The molecule has 0 radical (unpaired) electrons. The predicted molar refractivity (Wildman–Crippen MR) is 102 cm³/mol. The number of methoxy groups -OCH3 is 1. The van der Waals surface area contributed by atoms with E-state index in [1.807, 2.05) is 27.7 Å². The number of aromatic nitrogens is 1. The summed E-state index contributed by atoms with van der Waals surface area (Å²) in [6.45, 7) is 8.74. The van der Waals surface area contributed by atoms with Crippen molar-refractivity contribution in [3.8, 4) is 5.88 Å². The molecule has 0 bridgehead atoms. The van der Waals surface area contributed by atoms with E-state index in [1.165, 1.54) is 7.11 Å². The highest BCUT2D eigenvalue weighted by Crippen LogP contribution is 2.25. The van der Waals surface area contributed by atoms with Crippen molar-refractivity contribution in [2.75, 3.05) is 26.7 Å². The van der Waals surface area contributed by atoms with E-state index in [0.717, 1.165) is 3.57 Å². The van der Waals surface area contributed by atoms with Gasteiger partial charge in [0.1, 0.15) is 11.2 Å². The summed E-state index contributed by atoms with van der Waals surface area (Å²) in [5.41, 5.74) is -0.0740. The number of piperazine rings is 1. The Kier molecular flexibility index (Phi) is 6.12. The molecule has 2 amide bonds. The zero-order valence-corrected chi connectivity index (χ0v) is 17.4. The number of hydrogen-bond donors (Lipinski definition) is 0.